The molecular formula is C12H16N2O6S. The van der Waals surface area contributed by atoms with Gasteiger partial charge in [0.2, 0.25) is 15.9 Å². The summed E-state index contributed by atoms with van der Waals surface area (Å²) in [6.07, 6.45) is -0.0162. The summed E-state index contributed by atoms with van der Waals surface area (Å²) in [5.41, 5.74) is -0.258. The number of amides is 1. The van der Waals surface area contributed by atoms with E-state index in [0.717, 1.165) is 25.3 Å². The summed E-state index contributed by atoms with van der Waals surface area (Å²) in [6, 6.07) is 3.23. The van der Waals surface area contributed by atoms with Crippen LogP contribution in [-0.2, 0) is 19.6 Å². The average Bonchev–Trinajstić information content (AvgIpc) is 2.46. The van der Waals surface area contributed by atoms with Gasteiger partial charge in [-0.05, 0) is 18.2 Å². The zero-order chi connectivity index (χ0) is 16.0. The van der Waals surface area contributed by atoms with Crippen LogP contribution in [0.25, 0.3) is 0 Å². The largest absolute Gasteiger partial charge is 0.507 e. The van der Waals surface area contributed by atoms with Gasteiger partial charge < -0.3 is 15.2 Å². The van der Waals surface area contributed by atoms with E-state index in [1.165, 1.54) is 7.05 Å². The fourth-order valence-corrected chi connectivity index (χ4v) is 2.52. The van der Waals surface area contributed by atoms with Crippen molar-refractivity contribution in [1.82, 2.24) is 10.0 Å². The molecule has 0 aliphatic rings. The molecule has 8 nitrogen and oxygen atoms in total. The fraction of sp³-hybridized carbons (Fsp3) is 0.333. The molecule has 21 heavy (non-hydrogen) atoms. The maximum absolute atomic E-state index is 12.0. The Morgan fingerprint density at radius 2 is 2.00 bits per heavy atom. The third-order valence-electron chi connectivity index (χ3n) is 2.61. The van der Waals surface area contributed by atoms with Crippen LogP contribution in [0.1, 0.15) is 16.8 Å². The Bertz CT molecular complexity index is 641. The summed E-state index contributed by atoms with van der Waals surface area (Å²) in [5, 5.41) is 11.9. The predicted molar refractivity (Wildman–Crippen MR) is 73.3 cm³/mol. The summed E-state index contributed by atoms with van der Waals surface area (Å²) in [5.74, 6) is -1.54. The molecule has 0 spiro atoms. The molecule has 0 aliphatic heterocycles. The van der Waals surface area contributed by atoms with Gasteiger partial charge in [0.05, 0.1) is 12.0 Å². The third-order valence-corrected chi connectivity index (χ3v) is 4.07. The van der Waals surface area contributed by atoms with Crippen LogP contribution in [0.3, 0.4) is 0 Å². The van der Waals surface area contributed by atoms with Crippen LogP contribution in [0.5, 0.6) is 5.75 Å². The SMILES string of the molecule is CNC(=O)CCNS(=O)(=O)c1ccc(O)c(C(=O)OC)c1. The van der Waals surface area contributed by atoms with Gasteiger partial charge in [-0.1, -0.05) is 0 Å². The van der Waals surface area contributed by atoms with Crippen molar-refractivity contribution < 1.29 is 27.9 Å². The molecule has 1 aromatic rings. The lowest BCUT2D eigenvalue weighted by Gasteiger charge is -2.08. The van der Waals surface area contributed by atoms with Crippen molar-refractivity contribution in [2.24, 2.45) is 0 Å². The number of carbonyl (C=O) groups excluding carboxylic acids is 2. The summed E-state index contributed by atoms with van der Waals surface area (Å²) in [6.45, 7) is -0.0869. The molecule has 0 radical (unpaired) electrons. The molecule has 0 fully saturated rings. The second-order valence-electron chi connectivity index (χ2n) is 3.99. The first-order valence-corrected chi connectivity index (χ1v) is 7.41. The number of phenolic OH excluding ortho intramolecular Hbond substituents is 1. The van der Waals surface area contributed by atoms with Gasteiger partial charge in [-0.15, -0.1) is 0 Å². The Balaban J connectivity index is 2.93. The van der Waals surface area contributed by atoms with Crippen molar-refractivity contribution in [3.63, 3.8) is 0 Å². The van der Waals surface area contributed by atoms with Gasteiger partial charge in [-0.25, -0.2) is 17.9 Å². The first kappa shape index (κ1) is 16.9. The van der Waals surface area contributed by atoms with Crippen LogP contribution in [0.4, 0.5) is 0 Å². The molecule has 1 rings (SSSR count). The molecule has 0 aromatic heterocycles. The highest BCUT2D eigenvalue weighted by molar-refractivity contribution is 7.89. The maximum atomic E-state index is 12.0. The lowest BCUT2D eigenvalue weighted by molar-refractivity contribution is -0.120. The van der Waals surface area contributed by atoms with Crippen molar-refractivity contribution >= 4 is 21.9 Å². The molecule has 0 bridgehead atoms. The van der Waals surface area contributed by atoms with E-state index in [1.807, 2.05) is 0 Å². The maximum Gasteiger partial charge on any atom is 0.341 e. The van der Waals surface area contributed by atoms with Crippen molar-refractivity contribution in [3.8, 4) is 5.75 Å². The topological polar surface area (TPSA) is 122 Å². The molecule has 0 saturated carbocycles. The van der Waals surface area contributed by atoms with Crippen molar-refractivity contribution in [2.75, 3.05) is 20.7 Å². The van der Waals surface area contributed by atoms with Gasteiger partial charge in [-0.3, -0.25) is 4.79 Å². The molecule has 0 heterocycles. The van der Waals surface area contributed by atoms with E-state index in [9.17, 15) is 23.1 Å². The standard InChI is InChI=1S/C12H16N2O6S/c1-13-11(16)5-6-14-21(18,19)8-3-4-10(15)9(7-8)12(17)20-2/h3-4,7,14-15H,5-6H2,1-2H3,(H,13,16). The number of nitrogens with one attached hydrogen (secondary N) is 2. The first-order chi connectivity index (χ1) is 9.81. The van der Waals surface area contributed by atoms with Crippen molar-refractivity contribution in [3.05, 3.63) is 23.8 Å². The van der Waals surface area contributed by atoms with Crippen LogP contribution in [0.15, 0.2) is 23.1 Å². The molecule has 9 heteroatoms. The van der Waals surface area contributed by atoms with E-state index in [2.05, 4.69) is 14.8 Å². The summed E-state index contributed by atoms with van der Waals surface area (Å²) >= 11 is 0. The van der Waals surface area contributed by atoms with E-state index in [-0.39, 0.29) is 35.1 Å². The zero-order valence-corrected chi connectivity index (χ0v) is 12.4. The quantitative estimate of drug-likeness (QED) is 0.614. The number of benzene rings is 1. The molecule has 1 amide bonds. The van der Waals surface area contributed by atoms with E-state index in [1.54, 1.807) is 0 Å². The van der Waals surface area contributed by atoms with Crippen LogP contribution in [-0.4, -0.2) is 46.1 Å². The third kappa shape index (κ3) is 4.43. The van der Waals surface area contributed by atoms with Crippen LogP contribution >= 0.6 is 0 Å². The smallest absolute Gasteiger partial charge is 0.341 e. The normalized spacial score (nSPS) is 11.0. The predicted octanol–water partition coefficient (Wildman–Crippen LogP) is -0.407. The summed E-state index contributed by atoms with van der Waals surface area (Å²) in [7, 11) is -1.33. The minimum atomic E-state index is -3.89. The van der Waals surface area contributed by atoms with Gasteiger partial charge in [0.1, 0.15) is 11.3 Å². The first-order valence-electron chi connectivity index (χ1n) is 5.93. The number of hydrogen-bond acceptors (Lipinski definition) is 6. The second-order valence-corrected chi connectivity index (χ2v) is 5.76. The Morgan fingerprint density at radius 1 is 1.33 bits per heavy atom. The number of phenols is 1. The molecule has 0 unspecified atom stereocenters. The fourth-order valence-electron chi connectivity index (χ4n) is 1.46. The number of sulfonamides is 1. The Labute approximate surface area is 122 Å². The lowest BCUT2D eigenvalue weighted by Crippen LogP contribution is -2.29. The lowest BCUT2D eigenvalue weighted by atomic mass is 10.2. The highest BCUT2D eigenvalue weighted by Gasteiger charge is 2.19. The minimum Gasteiger partial charge on any atom is -0.507 e. The minimum absolute atomic E-state index is 0.0162. The van der Waals surface area contributed by atoms with Gasteiger partial charge in [0.25, 0.3) is 0 Å². The number of aromatic hydroxyl groups is 1. The van der Waals surface area contributed by atoms with Crippen LogP contribution in [0.2, 0.25) is 0 Å². The molecule has 0 aliphatic carbocycles. The monoisotopic (exact) mass is 316 g/mol. The molecule has 1 aromatic carbocycles. The van der Waals surface area contributed by atoms with E-state index < -0.39 is 16.0 Å². The Kier molecular flexibility index (Phi) is 5.68. The molecule has 0 saturated heterocycles. The average molecular weight is 316 g/mol. The van der Waals surface area contributed by atoms with Gasteiger partial charge >= 0.3 is 5.97 Å². The van der Waals surface area contributed by atoms with E-state index in [4.69, 9.17) is 0 Å². The Morgan fingerprint density at radius 3 is 2.57 bits per heavy atom. The molecule has 0 atom stereocenters. The number of carbonyl (C=O) groups is 2. The highest BCUT2D eigenvalue weighted by atomic mass is 32.2. The number of rotatable bonds is 6. The van der Waals surface area contributed by atoms with Crippen molar-refractivity contribution in [1.29, 1.82) is 0 Å². The molecular weight excluding hydrogens is 300 g/mol. The summed E-state index contributed by atoms with van der Waals surface area (Å²) in [4.78, 5) is 22.2. The number of hydrogen-bond donors (Lipinski definition) is 3. The highest BCUT2D eigenvalue weighted by Crippen LogP contribution is 2.21. The summed E-state index contributed by atoms with van der Waals surface area (Å²) < 4.78 is 30.7. The molecule has 3 N–H and O–H groups in total. The van der Waals surface area contributed by atoms with E-state index >= 15 is 0 Å². The molecule has 116 valence electrons. The Hall–Kier alpha value is -2.13. The van der Waals surface area contributed by atoms with Gasteiger partial charge in [0.15, 0.2) is 0 Å². The van der Waals surface area contributed by atoms with E-state index in [0.29, 0.717) is 0 Å². The van der Waals surface area contributed by atoms with Crippen molar-refractivity contribution in [2.45, 2.75) is 11.3 Å². The number of methoxy groups -OCH3 is 1. The van der Waals surface area contributed by atoms with Gasteiger partial charge in [0, 0.05) is 20.0 Å². The number of ether oxygens (including phenoxy) is 1. The van der Waals surface area contributed by atoms with Crippen LogP contribution < -0.4 is 10.0 Å². The zero-order valence-electron chi connectivity index (χ0n) is 11.5. The van der Waals surface area contributed by atoms with Crippen LogP contribution in [0, 0.1) is 0 Å². The number of esters is 1. The second kappa shape index (κ2) is 7.04. The van der Waals surface area contributed by atoms with Gasteiger partial charge in [-0.2, -0.15) is 0 Å².